The van der Waals surface area contributed by atoms with Gasteiger partial charge in [0, 0.05) is 30.6 Å². The van der Waals surface area contributed by atoms with Crippen LogP contribution in [0.25, 0.3) is 10.9 Å². The van der Waals surface area contributed by atoms with Crippen molar-refractivity contribution in [1.82, 2.24) is 4.98 Å². The average molecular weight is 399 g/mol. The molecule has 150 valence electrons. The summed E-state index contributed by atoms with van der Waals surface area (Å²) in [5.74, 6) is -0.245. The molecule has 1 N–H and O–H groups in total. The van der Waals surface area contributed by atoms with Crippen LogP contribution in [-0.4, -0.2) is 36.4 Å². The van der Waals surface area contributed by atoms with Gasteiger partial charge in [0.2, 0.25) is 11.8 Å². The first-order valence-corrected chi connectivity index (χ1v) is 9.70. The van der Waals surface area contributed by atoms with Crippen LogP contribution < -0.4 is 15.1 Å². The molecule has 0 saturated heterocycles. The quantitative estimate of drug-likeness (QED) is 0.730. The molecule has 7 nitrogen and oxygen atoms in total. The molecule has 0 spiro atoms. The zero-order chi connectivity index (χ0) is 21.3. The summed E-state index contributed by atoms with van der Waals surface area (Å²) in [7, 11) is 1.82. The molecule has 2 amide bonds. The number of para-hydroxylation sites is 3. The Bertz CT molecular complexity index is 1180. The molecule has 1 atom stereocenters. The van der Waals surface area contributed by atoms with E-state index < -0.39 is 0 Å². The van der Waals surface area contributed by atoms with Crippen LogP contribution in [0, 0.1) is 11.3 Å². The molecule has 1 aliphatic rings. The molecule has 1 unspecified atom stereocenters. The summed E-state index contributed by atoms with van der Waals surface area (Å²) in [5.41, 5.74) is 3.08. The van der Waals surface area contributed by atoms with Crippen molar-refractivity contribution in [3.63, 3.8) is 0 Å². The Labute approximate surface area is 174 Å². The van der Waals surface area contributed by atoms with Crippen molar-refractivity contribution in [1.29, 1.82) is 5.26 Å². The Morgan fingerprint density at radius 1 is 1.27 bits per heavy atom. The molecule has 2 aromatic carbocycles. The van der Waals surface area contributed by atoms with Gasteiger partial charge in [-0.2, -0.15) is 5.26 Å². The number of aromatic nitrogens is 1. The van der Waals surface area contributed by atoms with Gasteiger partial charge in [0.05, 0.1) is 23.4 Å². The van der Waals surface area contributed by atoms with E-state index in [1.165, 1.54) is 0 Å². The smallest absolute Gasteiger partial charge is 0.246 e. The van der Waals surface area contributed by atoms with Crippen LogP contribution >= 0.6 is 0 Å². The van der Waals surface area contributed by atoms with Crippen LogP contribution in [0.2, 0.25) is 0 Å². The summed E-state index contributed by atoms with van der Waals surface area (Å²) in [4.78, 5) is 33.4. The molecule has 7 heteroatoms. The van der Waals surface area contributed by atoms with Crippen molar-refractivity contribution in [2.75, 3.05) is 28.7 Å². The number of hydrogen-bond donors (Lipinski definition) is 1. The first-order chi connectivity index (χ1) is 14.5. The van der Waals surface area contributed by atoms with E-state index in [0.29, 0.717) is 22.6 Å². The van der Waals surface area contributed by atoms with Crippen LogP contribution in [0.1, 0.15) is 19.0 Å². The minimum absolute atomic E-state index is 0.0890. The number of carbonyl (C=O) groups excluding carboxylic acids is 2. The molecule has 3 aromatic rings. The summed E-state index contributed by atoms with van der Waals surface area (Å²) in [6, 6.07) is 18.4. The molecular formula is C23H21N5O2. The first kappa shape index (κ1) is 19.4. The van der Waals surface area contributed by atoms with Gasteiger partial charge in [-0.1, -0.05) is 30.3 Å². The van der Waals surface area contributed by atoms with Gasteiger partial charge in [0.15, 0.2) is 0 Å². The third kappa shape index (κ3) is 3.55. The van der Waals surface area contributed by atoms with E-state index in [2.05, 4.69) is 16.4 Å². The Morgan fingerprint density at radius 3 is 2.80 bits per heavy atom. The number of likely N-dealkylation sites (N-methyl/N-ethyl adjacent to an activating group) is 1. The fourth-order valence-corrected chi connectivity index (χ4v) is 3.86. The van der Waals surface area contributed by atoms with E-state index in [1.807, 2.05) is 61.3 Å². The third-order valence-electron chi connectivity index (χ3n) is 5.22. The number of nitriles is 1. The highest BCUT2D eigenvalue weighted by molar-refractivity contribution is 6.06. The van der Waals surface area contributed by atoms with Crippen molar-refractivity contribution in [3.05, 3.63) is 60.3 Å². The fourth-order valence-electron chi connectivity index (χ4n) is 3.86. The lowest BCUT2D eigenvalue weighted by molar-refractivity contribution is -0.118. The van der Waals surface area contributed by atoms with Crippen molar-refractivity contribution >= 4 is 39.8 Å². The normalized spacial score (nSPS) is 15.7. The van der Waals surface area contributed by atoms with Crippen molar-refractivity contribution in [2.45, 2.75) is 19.4 Å². The summed E-state index contributed by atoms with van der Waals surface area (Å²) in [5, 5.41) is 13.1. The van der Waals surface area contributed by atoms with E-state index in [-0.39, 0.29) is 30.8 Å². The lowest BCUT2D eigenvalue weighted by Gasteiger charge is -2.30. The molecule has 4 rings (SSSR count). The molecule has 1 aromatic heterocycles. The number of nitrogens with one attached hydrogen (secondary N) is 1. The molecule has 0 bridgehead atoms. The lowest BCUT2D eigenvalue weighted by atomic mass is 10.1. The molecule has 2 heterocycles. The number of amides is 2. The Balaban J connectivity index is 1.68. The molecular weight excluding hydrogens is 378 g/mol. The van der Waals surface area contributed by atoms with Crippen molar-refractivity contribution in [3.8, 4) is 6.07 Å². The van der Waals surface area contributed by atoms with Gasteiger partial charge >= 0.3 is 0 Å². The van der Waals surface area contributed by atoms with Crippen LogP contribution in [0.15, 0.2) is 54.6 Å². The number of nitrogens with zero attached hydrogens (tertiary/aromatic N) is 4. The Hall–Kier alpha value is -3.92. The number of hydrogen-bond acceptors (Lipinski definition) is 5. The highest BCUT2D eigenvalue weighted by Crippen LogP contribution is 2.32. The van der Waals surface area contributed by atoms with Crippen LogP contribution in [0.4, 0.5) is 17.1 Å². The predicted octanol–water partition coefficient (Wildman–Crippen LogP) is 3.31. The summed E-state index contributed by atoms with van der Waals surface area (Å²) in [6.45, 7) is 1.96. The predicted molar refractivity (Wildman–Crippen MR) is 116 cm³/mol. The Morgan fingerprint density at radius 2 is 2.00 bits per heavy atom. The molecule has 0 radical (unpaired) electrons. The van der Waals surface area contributed by atoms with Crippen molar-refractivity contribution < 1.29 is 9.59 Å². The SMILES string of the molecule is CC1CC(=O)Nc2ccccc2N1C(=O)CN(C)c1cc(C#N)nc2ccccc12. The summed E-state index contributed by atoms with van der Waals surface area (Å²) < 4.78 is 0. The maximum Gasteiger partial charge on any atom is 0.246 e. The molecule has 1 aliphatic heterocycles. The van der Waals surface area contributed by atoms with Gasteiger partial charge in [-0.3, -0.25) is 9.59 Å². The van der Waals surface area contributed by atoms with Crippen LogP contribution in [0.3, 0.4) is 0 Å². The average Bonchev–Trinajstić information content (AvgIpc) is 2.86. The van der Waals surface area contributed by atoms with E-state index >= 15 is 0 Å². The number of pyridine rings is 1. The summed E-state index contributed by atoms with van der Waals surface area (Å²) in [6.07, 6.45) is 0.223. The second-order valence-corrected chi connectivity index (χ2v) is 7.39. The third-order valence-corrected chi connectivity index (χ3v) is 5.22. The van der Waals surface area contributed by atoms with Gasteiger partial charge < -0.3 is 15.1 Å². The first-order valence-electron chi connectivity index (χ1n) is 9.70. The van der Waals surface area contributed by atoms with E-state index in [9.17, 15) is 14.9 Å². The molecule has 0 saturated carbocycles. The van der Waals surface area contributed by atoms with Crippen molar-refractivity contribution in [2.24, 2.45) is 0 Å². The Kier molecular flexibility index (Phi) is 5.07. The highest BCUT2D eigenvalue weighted by Gasteiger charge is 2.30. The molecule has 0 fully saturated rings. The topological polar surface area (TPSA) is 89.3 Å². The van der Waals surface area contributed by atoms with E-state index in [1.54, 1.807) is 17.0 Å². The lowest BCUT2D eigenvalue weighted by Crippen LogP contribution is -2.44. The molecule has 30 heavy (non-hydrogen) atoms. The minimum Gasteiger partial charge on any atom is -0.365 e. The van der Waals surface area contributed by atoms with E-state index in [0.717, 1.165) is 11.1 Å². The van der Waals surface area contributed by atoms with Gasteiger partial charge in [0.25, 0.3) is 0 Å². The number of anilines is 3. The van der Waals surface area contributed by atoms with Gasteiger partial charge in [0.1, 0.15) is 11.8 Å². The monoisotopic (exact) mass is 399 g/mol. The van der Waals surface area contributed by atoms with Crippen LogP contribution in [0.5, 0.6) is 0 Å². The van der Waals surface area contributed by atoms with E-state index in [4.69, 9.17) is 0 Å². The number of benzene rings is 2. The van der Waals surface area contributed by atoms with Gasteiger partial charge in [-0.25, -0.2) is 4.98 Å². The standard InChI is InChI=1S/C23H21N5O2/c1-15-11-22(29)26-19-9-5-6-10-20(19)28(15)23(30)14-27(2)21-12-16(13-24)25-18-8-4-3-7-17(18)21/h3-10,12,15H,11,14H2,1-2H3,(H,26,29). The van der Waals surface area contributed by atoms with Crippen LogP contribution in [-0.2, 0) is 9.59 Å². The largest absolute Gasteiger partial charge is 0.365 e. The maximum absolute atomic E-state index is 13.4. The second-order valence-electron chi connectivity index (χ2n) is 7.39. The number of rotatable bonds is 3. The zero-order valence-electron chi connectivity index (χ0n) is 16.8. The fraction of sp³-hybridized carbons (Fsp3) is 0.217. The number of fused-ring (bicyclic) bond motifs is 2. The number of carbonyl (C=O) groups is 2. The summed E-state index contributed by atoms with van der Waals surface area (Å²) >= 11 is 0. The molecule has 0 aliphatic carbocycles. The highest BCUT2D eigenvalue weighted by atomic mass is 16.2. The second kappa shape index (κ2) is 7.84. The van der Waals surface area contributed by atoms with Gasteiger partial charge in [-0.15, -0.1) is 0 Å². The zero-order valence-corrected chi connectivity index (χ0v) is 16.8. The minimum atomic E-state index is -0.279. The van der Waals surface area contributed by atoms with Gasteiger partial charge in [-0.05, 0) is 31.2 Å². The maximum atomic E-state index is 13.4.